The fourth-order valence-corrected chi connectivity index (χ4v) is 2.66. The Hall–Kier alpha value is -1.60. The number of aryl methyl sites for hydroxylation is 2. The van der Waals surface area contributed by atoms with Gasteiger partial charge in [0.25, 0.3) is 0 Å². The number of nitrogens with one attached hydrogen (secondary N) is 1. The van der Waals surface area contributed by atoms with Gasteiger partial charge in [-0.1, -0.05) is 61.0 Å². The van der Waals surface area contributed by atoms with E-state index in [1.807, 2.05) is 0 Å². The Labute approximate surface area is 123 Å². The summed E-state index contributed by atoms with van der Waals surface area (Å²) in [4.78, 5) is 0. The van der Waals surface area contributed by atoms with Crippen molar-refractivity contribution >= 4 is 0 Å². The summed E-state index contributed by atoms with van der Waals surface area (Å²) in [6.45, 7) is 8.58. The zero-order chi connectivity index (χ0) is 14.4. The summed E-state index contributed by atoms with van der Waals surface area (Å²) in [5.74, 6) is 0.541. The van der Waals surface area contributed by atoms with Crippen LogP contribution in [0, 0.1) is 13.8 Å². The number of likely N-dealkylation sites (N-methyl/N-ethyl adjacent to an activating group) is 1. The van der Waals surface area contributed by atoms with Crippen LogP contribution in [0.3, 0.4) is 0 Å². The van der Waals surface area contributed by atoms with Crippen LogP contribution in [0.25, 0.3) is 0 Å². The van der Waals surface area contributed by atoms with Gasteiger partial charge in [0, 0.05) is 12.5 Å². The molecule has 0 aliphatic carbocycles. The van der Waals surface area contributed by atoms with Crippen LogP contribution in [0.5, 0.6) is 0 Å². The van der Waals surface area contributed by atoms with E-state index >= 15 is 0 Å². The van der Waals surface area contributed by atoms with Crippen LogP contribution in [0.2, 0.25) is 0 Å². The molecule has 20 heavy (non-hydrogen) atoms. The maximum absolute atomic E-state index is 3.51. The summed E-state index contributed by atoms with van der Waals surface area (Å²) in [6, 6.07) is 17.7. The summed E-state index contributed by atoms with van der Waals surface area (Å²) in [6.07, 6.45) is 1.10. The van der Waals surface area contributed by atoms with Gasteiger partial charge in [0.1, 0.15) is 0 Å². The Morgan fingerprint density at radius 3 is 2.30 bits per heavy atom. The van der Waals surface area contributed by atoms with Gasteiger partial charge in [-0.3, -0.25) is 0 Å². The molecule has 1 N–H and O–H groups in total. The van der Waals surface area contributed by atoms with E-state index < -0.39 is 0 Å². The van der Waals surface area contributed by atoms with Crippen LogP contribution < -0.4 is 5.32 Å². The van der Waals surface area contributed by atoms with E-state index in [4.69, 9.17) is 0 Å². The Morgan fingerprint density at radius 2 is 1.65 bits per heavy atom. The standard InChI is InChI=1S/C19H25N/c1-4-20-14-18(19-8-6-5-7-16(19)3)13-17-11-9-15(2)10-12-17/h5-12,18,20H,4,13-14H2,1-3H3. The summed E-state index contributed by atoms with van der Waals surface area (Å²) in [5.41, 5.74) is 5.60. The Morgan fingerprint density at radius 1 is 0.950 bits per heavy atom. The van der Waals surface area contributed by atoms with Crippen molar-refractivity contribution < 1.29 is 0 Å². The van der Waals surface area contributed by atoms with E-state index in [0.717, 1.165) is 19.5 Å². The van der Waals surface area contributed by atoms with Crippen molar-refractivity contribution in [1.29, 1.82) is 0 Å². The van der Waals surface area contributed by atoms with Crippen molar-refractivity contribution in [3.8, 4) is 0 Å². The first-order valence-corrected chi connectivity index (χ1v) is 7.52. The molecule has 2 aromatic rings. The lowest BCUT2D eigenvalue weighted by atomic mass is 9.89. The molecule has 1 heteroatoms. The first-order chi connectivity index (χ1) is 9.70. The van der Waals surface area contributed by atoms with Crippen LogP contribution in [-0.2, 0) is 6.42 Å². The predicted molar refractivity (Wildman–Crippen MR) is 87.3 cm³/mol. The highest BCUT2D eigenvalue weighted by Crippen LogP contribution is 2.23. The third-order valence-corrected chi connectivity index (χ3v) is 3.87. The fraction of sp³-hybridized carbons (Fsp3) is 0.368. The van der Waals surface area contributed by atoms with Gasteiger partial charge in [-0.15, -0.1) is 0 Å². The fourth-order valence-electron chi connectivity index (χ4n) is 2.66. The van der Waals surface area contributed by atoms with Crippen molar-refractivity contribution in [2.45, 2.75) is 33.1 Å². The highest BCUT2D eigenvalue weighted by atomic mass is 14.8. The molecule has 0 spiro atoms. The molecule has 1 nitrogen and oxygen atoms in total. The SMILES string of the molecule is CCNCC(Cc1ccc(C)cc1)c1ccccc1C. The van der Waals surface area contributed by atoms with E-state index in [-0.39, 0.29) is 0 Å². The summed E-state index contributed by atoms with van der Waals surface area (Å²) in [5, 5.41) is 3.51. The van der Waals surface area contributed by atoms with E-state index in [0.29, 0.717) is 5.92 Å². The number of rotatable bonds is 6. The normalized spacial score (nSPS) is 12.3. The first kappa shape index (κ1) is 14.8. The van der Waals surface area contributed by atoms with Gasteiger partial charge in [0.2, 0.25) is 0 Å². The maximum atomic E-state index is 3.51. The lowest BCUT2D eigenvalue weighted by Crippen LogP contribution is -2.23. The van der Waals surface area contributed by atoms with Gasteiger partial charge in [-0.25, -0.2) is 0 Å². The molecule has 0 radical (unpaired) electrons. The molecule has 0 fully saturated rings. The zero-order valence-corrected chi connectivity index (χ0v) is 12.8. The van der Waals surface area contributed by atoms with Crippen LogP contribution in [-0.4, -0.2) is 13.1 Å². The van der Waals surface area contributed by atoms with Crippen molar-refractivity contribution in [2.24, 2.45) is 0 Å². The second kappa shape index (κ2) is 7.25. The van der Waals surface area contributed by atoms with Gasteiger partial charge in [-0.2, -0.15) is 0 Å². The zero-order valence-electron chi connectivity index (χ0n) is 12.8. The van der Waals surface area contributed by atoms with Gasteiger partial charge in [-0.05, 0) is 43.5 Å². The summed E-state index contributed by atoms with van der Waals surface area (Å²) < 4.78 is 0. The molecule has 2 rings (SSSR count). The minimum atomic E-state index is 0.541. The van der Waals surface area contributed by atoms with Gasteiger partial charge in [0.05, 0.1) is 0 Å². The van der Waals surface area contributed by atoms with Gasteiger partial charge in [0.15, 0.2) is 0 Å². The van der Waals surface area contributed by atoms with Crippen LogP contribution in [0.15, 0.2) is 48.5 Å². The van der Waals surface area contributed by atoms with E-state index in [9.17, 15) is 0 Å². The average molecular weight is 267 g/mol. The third-order valence-electron chi connectivity index (χ3n) is 3.87. The van der Waals surface area contributed by atoms with E-state index in [2.05, 4.69) is 74.6 Å². The lowest BCUT2D eigenvalue weighted by Gasteiger charge is -2.20. The molecule has 1 atom stereocenters. The molecule has 0 saturated heterocycles. The van der Waals surface area contributed by atoms with Crippen LogP contribution in [0.1, 0.15) is 35.1 Å². The second-order valence-corrected chi connectivity index (χ2v) is 5.55. The number of hydrogen-bond donors (Lipinski definition) is 1. The molecule has 1 unspecified atom stereocenters. The van der Waals surface area contributed by atoms with Crippen LogP contribution >= 0.6 is 0 Å². The number of hydrogen-bond acceptors (Lipinski definition) is 1. The third kappa shape index (κ3) is 3.94. The molecule has 0 heterocycles. The molecule has 0 aliphatic heterocycles. The second-order valence-electron chi connectivity index (χ2n) is 5.55. The monoisotopic (exact) mass is 267 g/mol. The smallest absolute Gasteiger partial charge is 0.00233 e. The minimum absolute atomic E-state index is 0.541. The molecular formula is C19H25N. The first-order valence-electron chi connectivity index (χ1n) is 7.52. The molecule has 0 bridgehead atoms. The molecule has 106 valence electrons. The van der Waals surface area contributed by atoms with Crippen molar-refractivity contribution in [3.63, 3.8) is 0 Å². The minimum Gasteiger partial charge on any atom is -0.316 e. The van der Waals surface area contributed by atoms with Crippen molar-refractivity contribution in [3.05, 3.63) is 70.8 Å². The largest absolute Gasteiger partial charge is 0.316 e. The topological polar surface area (TPSA) is 12.0 Å². The van der Waals surface area contributed by atoms with Gasteiger partial charge >= 0.3 is 0 Å². The van der Waals surface area contributed by atoms with Crippen molar-refractivity contribution in [1.82, 2.24) is 5.32 Å². The Balaban J connectivity index is 2.19. The summed E-state index contributed by atoms with van der Waals surface area (Å²) in [7, 11) is 0. The van der Waals surface area contributed by atoms with Crippen LogP contribution in [0.4, 0.5) is 0 Å². The Bertz CT molecular complexity index is 528. The van der Waals surface area contributed by atoms with E-state index in [1.165, 1.54) is 22.3 Å². The summed E-state index contributed by atoms with van der Waals surface area (Å²) >= 11 is 0. The number of benzene rings is 2. The predicted octanol–water partition coefficient (Wildman–Crippen LogP) is 4.24. The van der Waals surface area contributed by atoms with Gasteiger partial charge < -0.3 is 5.32 Å². The lowest BCUT2D eigenvalue weighted by molar-refractivity contribution is 0.592. The maximum Gasteiger partial charge on any atom is 0.00233 e. The molecule has 0 aromatic heterocycles. The quantitative estimate of drug-likeness (QED) is 0.825. The Kier molecular flexibility index (Phi) is 5.37. The van der Waals surface area contributed by atoms with Crippen molar-refractivity contribution in [2.75, 3.05) is 13.1 Å². The molecular weight excluding hydrogens is 242 g/mol. The highest BCUT2D eigenvalue weighted by molar-refractivity contribution is 5.32. The molecule has 0 amide bonds. The average Bonchev–Trinajstić information content (AvgIpc) is 2.46. The highest BCUT2D eigenvalue weighted by Gasteiger charge is 2.13. The van der Waals surface area contributed by atoms with E-state index in [1.54, 1.807) is 0 Å². The molecule has 0 aliphatic rings. The molecule has 2 aromatic carbocycles. The molecule has 0 saturated carbocycles.